The summed E-state index contributed by atoms with van der Waals surface area (Å²) in [6.45, 7) is 2.50. The van der Waals surface area contributed by atoms with Crippen LogP contribution in [0.5, 0.6) is 5.88 Å². The Morgan fingerprint density at radius 1 is 1.24 bits per heavy atom. The summed E-state index contributed by atoms with van der Waals surface area (Å²) < 4.78 is 5.82. The van der Waals surface area contributed by atoms with Crippen LogP contribution in [0.3, 0.4) is 0 Å². The number of rotatable bonds is 5. The molecule has 2 bridgehead atoms. The van der Waals surface area contributed by atoms with Crippen molar-refractivity contribution in [1.29, 1.82) is 5.26 Å². The Bertz CT molecular complexity index is 1000. The fourth-order valence-corrected chi connectivity index (χ4v) is 4.94. The van der Waals surface area contributed by atoms with Crippen LogP contribution in [-0.4, -0.2) is 33.7 Å². The fraction of sp³-hybridized carbons (Fsp3) is 0.409. The van der Waals surface area contributed by atoms with Crippen LogP contribution in [-0.2, 0) is 4.79 Å². The summed E-state index contributed by atoms with van der Waals surface area (Å²) in [4.78, 5) is 21.7. The highest BCUT2D eigenvalue weighted by molar-refractivity contribution is 5.88. The Labute approximate surface area is 169 Å². The molecule has 4 aliphatic rings. The van der Waals surface area contributed by atoms with E-state index in [1.54, 1.807) is 17.1 Å². The highest BCUT2D eigenvalue weighted by Gasteiger charge is 2.72. The second kappa shape index (κ2) is 6.38. The smallest absolute Gasteiger partial charge is 0.249 e. The number of carbonyl (C=O) groups excluding carboxylic acids is 1. The van der Waals surface area contributed by atoms with Crippen molar-refractivity contribution in [3.05, 3.63) is 53.5 Å². The highest BCUT2D eigenvalue weighted by Crippen LogP contribution is 2.74. The zero-order valence-electron chi connectivity index (χ0n) is 16.2. The molecule has 1 unspecified atom stereocenters. The van der Waals surface area contributed by atoms with E-state index in [1.807, 2.05) is 37.5 Å². The third kappa shape index (κ3) is 2.87. The van der Waals surface area contributed by atoms with Gasteiger partial charge in [0.25, 0.3) is 0 Å². The molecule has 0 aromatic carbocycles. The molecule has 1 amide bonds. The molecule has 146 valence electrons. The largest absolute Gasteiger partial charge is 0.477 e. The first-order valence-electron chi connectivity index (χ1n) is 9.80. The average molecular weight is 387 g/mol. The van der Waals surface area contributed by atoms with Gasteiger partial charge in [-0.1, -0.05) is 6.07 Å². The molecule has 1 aliphatic heterocycles. The minimum atomic E-state index is -0.292. The maximum atomic E-state index is 13.2. The van der Waals surface area contributed by atoms with Gasteiger partial charge in [-0.3, -0.25) is 9.78 Å². The van der Waals surface area contributed by atoms with Gasteiger partial charge >= 0.3 is 0 Å². The maximum absolute atomic E-state index is 13.2. The van der Waals surface area contributed by atoms with Crippen LogP contribution < -0.4 is 4.74 Å². The van der Waals surface area contributed by atoms with E-state index in [0.717, 1.165) is 36.9 Å². The molecule has 0 radical (unpaired) electrons. The summed E-state index contributed by atoms with van der Waals surface area (Å²) in [7, 11) is 0. The number of carbonyl (C=O) groups is 1. The lowest BCUT2D eigenvalue weighted by Crippen LogP contribution is -2.69. The quantitative estimate of drug-likeness (QED) is 0.786. The Kier molecular flexibility index (Phi) is 3.91. The number of hydrazone groups is 1. The molecule has 2 aromatic heterocycles. The first-order valence-corrected chi connectivity index (χ1v) is 9.80. The first kappa shape index (κ1) is 17.8. The summed E-state index contributed by atoms with van der Waals surface area (Å²) >= 11 is 0. The van der Waals surface area contributed by atoms with Crippen LogP contribution in [0.25, 0.3) is 0 Å². The van der Waals surface area contributed by atoms with Crippen molar-refractivity contribution < 1.29 is 9.53 Å². The highest BCUT2D eigenvalue weighted by atomic mass is 16.5. The topological polar surface area (TPSA) is 91.5 Å². The zero-order chi connectivity index (χ0) is 20.1. The number of hydrogen-bond acceptors (Lipinski definition) is 6. The second-order valence-electron chi connectivity index (χ2n) is 8.53. The molecule has 7 heteroatoms. The number of pyridine rings is 2. The van der Waals surface area contributed by atoms with Gasteiger partial charge in [0.05, 0.1) is 23.6 Å². The lowest BCUT2D eigenvalue weighted by Gasteiger charge is -2.69. The van der Waals surface area contributed by atoms with Gasteiger partial charge in [-0.2, -0.15) is 10.4 Å². The molecule has 3 heterocycles. The summed E-state index contributed by atoms with van der Waals surface area (Å²) in [5.74, 6) is 0.639. The SMILES string of the molecule is Cc1ccc(C2CC=NN2C(=O)C23CC(COc4ccc(C#N)cn4)(C2)C3)cn1. The van der Waals surface area contributed by atoms with Crippen LogP contribution in [0.15, 0.2) is 41.8 Å². The Morgan fingerprint density at radius 2 is 2.07 bits per heavy atom. The molecule has 0 spiro atoms. The molecule has 1 atom stereocenters. The molecule has 29 heavy (non-hydrogen) atoms. The summed E-state index contributed by atoms with van der Waals surface area (Å²) in [5.41, 5.74) is 2.27. The van der Waals surface area contributed by atoms with Gasteiger partial charge in [-0.25, -0.2) is 9.99 Å². The van der Waals surface area contributed by atoms with Gasteiger partial charge in [-0.15, -0.1) is 0 Å². The monoisotopic (exact) mass is 387 g/mol. The fourth-order valence-electron chi connectivity index (χ4n) is 4.94. The molecule has 3 saturated carbocycles. The second-order valence-corrected chi connectivity index (χ2v) is 8.53. The standard InChI is InChI=1S/C22H21N5O2/c1-15-2-4-17(10-24-15)18-6-7-26-27(18)20(28)22-11-21(12-22,13-22)14-29-19-5-3-16(8-23)9-25-19/h2-5,7,9-10,18H,6,11-14H2,1H3. The van der Waals surface area contributed by atoms with Crippen molar-refractivity contribution in [2.24, 2.45) is 15.9 Å². The number of aromatic nitrogens is 2. The zero-order valence-corrected chi connectivity index (χ0v) is 16.2. The maximum Gasteiger partial charge on any atom is 0.249 e. The normalized spacial score (nSPS) is 29.0. The van der Waals surface area contributed by atoms with Crippen molar-refractivity contribution in [2.75, 3.05) is 6.61 Å². The average Bonchev–Trinajstić information content (AvgIpc) is 3.16. The summed E-state index contributed by atoms with van der Waals surface area (Å²) in [5, 5.41) is 14.9. The molecule has 7 nitrogen and oxygen atoms in total. The van der Waals surface area contributed by atoms with Gasteiger partial charge in [0.15, 0.2) is 0 Å². The van der Waals surface area contributed by atoms with Crippen LogP contribution >= 0.6 is 0 Å². The van der Waals surface area contributed by atoms with E-state index >= 15 is 0 Å². The van der Waals surface area contributed by atoms with Gasteiger partial charge in [0.1, 0.15) is 6.07 Å². The van der Waals surface area contributed by atoms with Gasteiger partial charge in [-0.05, 0) is 43.9 Å². The molecule has 0 N–H and O–H groups in total. The van der Waals surface area contributed by atoms with E-state index in [2.05, 4.69) is 15.1 Å². The lowest BCUT2D eigenvalue weighted by molar-refractivity contribution is -0.227. The predicted molar refractivity (Wildman–Crippen MR) is 105 cm³/mol. The third-order valence-electron chi connectivity index (χ3n) is 6.34. The predicted octanol–water partition coefficient (Wildman–Crippen LogP) is 3.17. The van der Waals surface area contributed by atoms with Crippen molar-refractivity contribution in [3.63, 3.8) is 0 Å². The third-order valence-corrected chi connectivity index (χ3v) is 6.34. The number of aryl methyl sites for hydroxylation is 1. The van der Waals surface area contributed by atoms with Crippen LogP contribution in [0.2, 0.25) is 0 Å². The Morgan fingerprint density at radius 3 is 2.72 bits per heavy atom. The minimum absolute atomic E-state index is 0.0559. The van der Waals surface area contributed by atoms with Crippen molar-refractivity contribution in [2.45, 2.75) is 38.6 Å². The van der Waals surface area contributed by atoms with Crippen molar-refractivity contribution in [1.82, 2.24) is 15.0 Å². The lowest BCUT2D eigenvalue weighted by atomic mass is 9.35. The van der Waals surface area contributed by atoms with E-state index < -0.39 is 0 Å². The van der Waals surface area contributed by atoms with Crippen LogP contribution in [0.1, 0.15) is 48.5 Å². The molecule has 6 rings (SSSR count). The molecule has 3 aliphatic carbocycles. The number of nitrogens with zero attached hydrogens (tertiary/aromatic N) is 5. The van der Waals surface area contributed by atoms with Crippen LogP contribution in [0.4, 0.5) is 0 Å². The van der Waals surface area contributed by atoms with E-state index in [4.69, 9.17) is 10.00 Å². The Hall–Kier alpha value is -3.27. The van der Waals surface area contributed by atoms with Gasteiger partial charge in [0.2, 0.25) is 11.8 Å². The van der Waals surface area contributed by atoms with Crippen LogP contribution in [0, 0.1) is 29.1 Å². The molecule has 0 saturated heterocycles. The van der Waals surface area contributed by atoms with E-state index in [1.165, 1.54) is 6.20 Å². The molecular weight excluding hydrogens is 366 g/mol. The number of amides is 1. The summed E-state index contributed by atoms with van der Waals surface area (Å²) in [6.07, 6.45) is 8.40. The van der Waals surface area contributed by atoms with E-state index in [9.17, 15) is 4.79 Å². The number of hydrogen-bond donors (Lipinski definition) is 0. The van der Waals surface area contributed by atoms with Crippen molar-refractivity contribution >= 4 is 12.1 Å². The first-order chi connectivity index (χ1) is 14.0. The Balaban J connectivity index is 1.20. The summed E-state index contributed by atoms with van der Waals surface area (Å²) in [6, 6.07) is 9.40. The van der Waals surface area contributed by atoms with Gasteiger partial charge in [0, 0.05) is 42.2 Å². The van der Waals surface area contributed by atoms with Gasteiger partial charge < -0.3 is 4.74 Å². The molecular formula is C22H21N5O2. The minimum Gasteiger partial charge on any atom is -0.477 e. The number of ether oxygens (including phenoxy) is 1. The van der Waals surface area contributed by atoms with Crippen molar-refractivity contribution in [3.8, 4) is 11.9 Å². The number of nitriles is 1. The molecule has 3 fully saturated rings. The van der Waals surface area contributed by atoms with E-state index in [0.29, 0.717) is 18.1 Å². The van der Waals surface area contributed by atoms with E-state index in [-0.39, 0.29) is 22.8 Å². The molecule has 2 aromatic rings.